The lowest BCUT2D eigenvalue weighted by Crippen LogP contribution is -2.40. The number of aromatic hydroxyl groups is 1. The molecule has 4 rings (SSSR count). The van der Waals surface area contributed by atoms with E-state index in [1.54, 1.807) is 29.3 Å². The largest absolute Gasteiger partial charge is 0.505 e. The number of benzene rings is 2. The van der Waals surface area contributed by atoms with Gasteiger partial charge in [-0.3, -0.25) is 14.6 Å². The van der Waals surface area contributed by atoms with Crippen LogP contribution in [0.4, 0.5) is 4.39 Å². The van der Waals surface area contributed by atoms with E-state index in [-0.39, 0.29) is 52.9 Å². The van der Waals surface area contributed by atoms with Gasteiger partial charge in [0.2, 0.25) is 5.91 Å². The van der Waals surface area contributed by atoms with Gasteiger partial charge in [0, 0.05) is 63.5 Å². The van der Waals surface area contributed by atoms with E-state index in [9.17, 15) is 23.9 Å². The molecule has 1 N–H and O–H groups in total. The van der Waals surface area contributed by atoms with Crippen molar-refractivity contribution in [1.29, 1.82) is 0 Å². The molecule has 3 aromatic rings. The van der Waals surface area contributed by atoms with Gasteiger partial charge in [-0.25, -0.2) is 9.18 Å². The van der Waals surface area contributed by atoms with Gasteiger partial charge < -0.3 is 19.5 Å². The van der Waals surface area contributed by atoms with Gasteiger partial charge in [-0.05, 0) is 41.8 Å². The highest BCUT2D eigenvalue weighted by atomic mass is 19.1. The molecular weight excluding hydrogens is 479 g/mol. The predicted molar refractivity (Wildman–Crippen MR) is 134 cm³/mol. The van der Waals surface area contributed by atoms with Crippen molar-refractivity contribution in [1.82, 2.24) is 9.88 Å². The van der Waals surface area contributed by atoms with E-state index in [1.165, 1.54) is 32.2 Å². The number of amides is 1. The van der Waals surface area contributed by atoms with E-state index in [4.69, 9.17) is 9.47 Å². The standard InChI is InChI=1S/C28H29FN2O6/c1-17(32)31-10-7-21(8-11-31)37-28(35)24-15-22(25(33)9-12-36-2)23-14-19(16-30-26(23)27(24)34)13-18-3-5-20(29)6-4-18/h3-6,14-16,21,34H,7-13H2,1-2H3. The second-order valence-electron chi connectivity index (χ2n) is 9.14. The summed E-state index contributed by atoms with van der Waals surface area (Å²) in [5.74, 6) is -1.74. The topological polar surface area (TPSA) is 106 Å². The first kappa shape index (κ1) is 26.2. The number of halogens is 1. The lowest BCUT2D eigenvalue weighted by molar-refractivity contribution is -0.130. The summed E-state index contributed by atoms with van der Waals surface area (Å²) in [5, 5.41) is 11.4. The number of pyridine rings is 1. The van der Waals surface area contributed by atoms with Crippen LogP contribution in [0.25, 0.3) is 10.9 Å². The van der Waals surface area contributed by atoms with Crippen molar-refractivity contribution >= 4 is 28.6 Å². The Morgan fingerprint density at radius 3 is 2.43 bits per heavy atom. The van der Waals surface area contributed by atoms with Crippen LogP contribution in [0, 0.1) is 5.82 Å². The third kappa shape index (κ3) is 6.11. The first-order chi connectivity index (χ1) is 17.8. The zero-order chi connectivity index (χ0) is 26.5. The molecule has 0 unspecified atom stereocenters. The number of aromatic nitrogens is 1. The van der Waals surface area contributed by atoms with E-state index in [0.29, 0.717) is 37.7 Å². The molecule has 0 radical (unpaired) electrons. The molecule has 8 nitrogen and oxygen atoms in total. The van der Waals surface area contributed by atoms with Crippen molar-refractivity contribution in [2.24, 2.45) is 0 Å². The predicted octanol–water partition coefficient (Wildman–Crippen LogP) is 4.06. The SMILES string of the molecule is COCCC(=O)c1cc(C(=O)OC2CCN(C(C)=O)CC2)c(O)c2ncc(Cc3ccc(F)cc3)cc12. The quantitative estimate of drug-likeness (QED) is 0.361. The van der Waals surface area contributed by atoms with Crippen molar-refractivity contribution in [3.63, 3.8) is 0 Å². The summed E-state index contributed by atoms with van der Waals surface area (Å²) >= 11 is 0. The Morgan fingerprint density at radius 1 is 1.08 bits per heavy atom. The molecule has 2 heterocycles. The lowest BCUT2D eigenvalue weighted by Gasteiger charge is -2.31. The molecule has 1 aromatic heterocycles. The van der Waals surface area contributed by atoms with E-state index >= 15 is 0 Å². The van der Waals surface area contributed by atoms with Crippen LogP contribution >= 0.6 is 0 Å². The fraction of sp³-hybridized carbons (Fsp3) is 0.357. The Morgan fingerprint density at radius 2 is 1.78 bits per heavy atom. The Labute approximate surface area is 214 Å². The summed E-state index contributed by atoms with van der Waals surface area (Å²) in [5.41, 5.74) is 1.82. The molecule has 1 aliphatic rings. The van der Waals surface area contributed by atoms with Crippen LogP contribution in [0.2, 0.25) is 0 Å². The molecule has 194 valence electrons. The second-order valence-corrected chi connectivity index (χ2v) is 9.14. The fourth-order valence-corrected chi connectivity index (χ4v) is 4.47. The van der Waals surface area contributed by atoms with Gasteiger partial charge in [-0.15, -0.1) is 0 Å². The number of phenolic OH excluding ortho intramolecular Hbond substituents is 1. The maximum atomic E-state index is 13.3. The zero-order valence-corrected chi connectivity index (χ0v) is 20.8. The van der Waals surface area contributed by atoms with E-state index in [1.807, 2.05) is 0 Å². The fourth-order valence-electron chi connectivity index (χ4n) is 4.47. The maximum Gasteiger partial charge on any atom is 0.342 e. The highest BCUT2D eigenvalue weighted by molar-refractivity contribution is 6.12. The first-order valence-electron chi connectivity index (χ1n) is 12.1. The average molecular weight is 509 g/mol. The number of fused-ring (bicyclic) bond motifs is 1. The van der Waals surface area contributed by atoms with Gasteiger partial charge in [-0.1, -0.05) is 12.1 Å². The highest BCUT2D eigenvalue weighted by Crippen LogP contribution is 2.33. The van der Waals surface area contributed by atoms with Crippen LogP contribution in [0.5, 0.6) is 5.75 Å². The summed E-state index contributed by atoms with van der Waals surface area (Å²) in [7, 11) is 1.49. The number of likely N-dealkylation sites (tertiary alicyclic amines) is 1. The van der Waals surface area contributed by atoms with E-state index in [0.717, 1.165) is 11.1 Å². The molecule has 0 bridgehead atoms. The van der Waals surface area contributed by atoms with Crippen LogP contribution in [-0.4, -0.2) is 65.6 Å². The van der Waals surface area contributed by atoms with Crippen LogP contribution in [0.3, 0.4) is 0 Å². The number of hydrogen-bond acceptors (Lipinski definition) is 7. The van der Waals surface area contributed by atoms with E-state index in [2.05, 4.69) is 4.98 Å². The zero-order valence-electron chi connectivity index (χ0n) is 20.8. The molecule has 37 heavy (non-hydrogen) atoms. The number of ether oxygens (including phenoxy) is 2. The number of ketones is 1. The van der Waals surface area contributed by atoms with Crippen LogP contribution in [-0.2, 0) is 20.7 Å². The van der Waals surface area contributed by atoms with Gasteiger partial charge in [0.1, 0.15) is 23.0 Å². The summed E-state index contributed by atoms with van der Waals surface area (Å²) in [6.07, 6.45) is 2.65. The Kier molecular flexibility index (Phi) is 8.13. The molecule has 0 saturated carbocycles. The van der Waals surface area contributed by atoms with Gasteiger partial charge in [-0.2, -0.15) is 0 Å². The maximum absolute atomic E-state index is 13.3. The van der Waals surface area contributed by atoms with Crippen molar-refractivity contribution in [2.45, 2.75) is 38.7 Å². The normalized spacial score (nSPS) is 14.1. The minimum atomic E-state index is -0.751. The molecule has 0 atom stereocenters. The number of phenols is 1. The summed E-state index contributed by atoms with van der Waals surface area (Å²) < 4.78 is 24.0. The molecule has 0 aliphatic carbocycles. The number of carbonyl (C=O) groups excluding carboxylic acids is 3. The van der Waals surface area contributed by atoms with Crippen LogP contribution in [0.1, 0.15) is 58.0 Å². The Bertz CT molecular complexity index is 1320. The van der Waals surface area contributed by atoms with Crippen molar-refractivity contribution in [2.75, 3.05) is 26.8 Å². The number of methoxy groups -OCH3 is 1. The number of Topliss-reactive ketones (excluding diaryl/α,β-unsaturated/α-hetero) is 1. The van der Waals surface area contributed by atoms with Gasteiger partial charge in [0.05, 0.1) is 6.61 Å². The Balaban J connectivity index is 1.66. The van der Waals surface area contributed by atoms with Gasteiger partial charge in [0.25, 0.3) is 0 Å². The van der Waals surface area contributed by atoms with Crippen molar-refractivity contribution in [3.05, 3.63) is 70.7 Å². The number of piperidine rings is 1. The van der Waals surface area contributed by atoms with E-state index < -0.39 is 12.1 Å². The molecule has 0 spiro atoms. The number of carbonyl (C=O) groups is 3. The number of hydrogen-bond donors (Lipinski definition) is 1. The smallest absolute Gasteiger partial charge is 0.342 e. The second kappa shape index (κ2) is 11.5. The first-order valence-corrected chi connectivity index (χ1v) is 12.1. The van der Waals surface area contributed by atoms with Gasteiger partial charge in [0.15, 0.2) is 11.5 Å². The minimum absolute atomic E-state index is 0.0268. The molecule has 2 aromatic carbocycles. The third-order valence-corrected chi connectivity index (χ3v) is 6.54. The number of nitrogens with zero attached hydrogens (tertiary/aromatic N) is 2. The summed E-state index contributed by atoms with van der Waals surface area (Å²) in [6.45, 7) is 2.66. The minimum Gasteiger partial charge on any atom is -0.505 e. The van der Waals surface area contributed by atoms with Crippen molar-refractivity contribution in [3.8, 4) is 5.75 Å². The Hall–Kier alpha value is -3.85. The summed E-state index contributed by atoms with van der Waals surface area (Å²) in [6, 6.07) is 9.18. The molecule has 1 amide bonds. The third-order valence-electron chi connectivity index (χ3n) is 6.54. The molecule has 1 fully saturated rings. The number of rotatable bonds is 8. The summed E-state index contributed by atoms with van der Waals surface area (Å²) in [4.78, 5) is 43.8. The number of esters is 1. The highest BCUT2D eigenvalue weighted by Gasteiger charge is 2.27. The molecule has 1 saturated heterocycles. The van der Waals surface area contributed by atoms with Gasteiger partial charge >= 0.3 is 5.97 Å². The van der Waals surface area contributed by atoms with Crippen LogP contribution < -0.4 is 0 Å². The molecule has 1 aliphatic heterocycles. The van der Waals surface area contributed by atoms with Crippen LogP contribution in [0.15, 0.2) is 42.6 Å². The molecule has 9 heteroatoms. The monoisotopic (exact) mass is 508 g/mol. The molecular formula is C28H29FN2O6. The van der Waals surface area contributed by atoms with Crippen molar-refractivity contribution < 1.29 is 33.4 Å². The average Bonchev–Trinajstić information content (AvgIpc) is 2.89. The lowest BCUT2D eigenvalue weighted by atomic mass is 9.96.